The van der Waals surface area contributed by atoms with Gasteiger partial charge in [0.05, 0.1) is 17.3 Å². The second-order valence-electron chi connectivity index (χ2n) is 5.77. The molecule has 0 radical (unpaired) electrons. The zero-order valence-electron chi connectivity index (χ0n) is 13.3. The first-order chi connectivity index (χ1) is 11.4. The van der Waals surface area contributed by atoms with Gasteiger partial charge in [-0.2, -0.15) is 5.10 Å². The van der Waals surface area contributed by atoms with Crippen LogP contribution in [-0.2, 0) is 9.59 Å². The smallest absolute Gasteiger partial charge is 0.352 e. The highest BCUT2D eigenvalue weighted by atomic mass is 16.4. The third kappa shape index (κ3) is 2.64. The number of carbonyl (C=O) groups is 2. The van der Waals surface area contributed by atoms with Crippen molar-refractivity contribution < 1.29 is 19.8 Å². The molecule has 1 unspecified atom stereocenters. The second kappa shape index (κ2) is 5.84. The van der Waals surface area contributed by atoms with Crippen molar-refractivity contribution in [3.05, 3.63) is 52.9 Å². The molecule has 0 fully saturated rings. The molecule has 124 valence electrons. The van der Waals surface area contributed by atoms with Crippen LogP contribution in [0.4, 0.5) is 5.82 Å². The van der Waals surface area contributed by atoms with Gasteiger partial charge >= 0.3 is 11.9 Å². The van der Waals surface area contributed by atoms with E-state index >= 15 is 0 Å². The van der Waals surface area contributed by atoms with Crippen LogP contribution in [0.2, 0.25) is 0 Å². The Morgan fingerprint density at radius 3 is 2.46 bits per heavy atom. The van der Waals surface area contributed by atoms with Crippen LogP contribution in [0.1, 0.15) is 29.2 Å². The maximum atomic E-state index is 11.6. The van der Waals surface area contributed by atoms with Gasteiger partial charge in [-0.05, 0) is 32.4 Å². The first-order valence-electron chi connectivity index (χ1n) is 7.48. The maximum Gasteiger partial charge on any atom is 0.352 e. The van der Waals surface area contributed by atoms with Crippen LogP contribution in [0, 0.1) is 13.8 Å². The fraction of sp³-hybridized carbons (Fsp3) is 0.235. The van der Waals surface area contributed by atoms with Crippen LogP contribution < -0.4 is 5.32 Å². The number of carboxylic acid groups (broad SMARTS) is 2. The van der Waals surface area contributed by atoms with Gasteiger partial charge in [0.2, 0.25) is 0 Å². The topological polar surface area (TPSA) is 104 Å². The average molecular weight is 327 g/mol. The van der Waals surface area contributed by atoms with Crippen LogP contribution >= 0.6 is 0 Å². The van der Waals surface area contributed by atoms with E-state index in [2.05, 4.69) is 10.4 Å². The Labute approximate surface area is 138 Å². The highest BCUT2D eigenvalue weighted by molar-refractivity contribution is 5.92. The van der Waals surface area contributed by atoms with Gasteiger partial charge in [-0.1, -0.05) is 23.8 Å². The minimum atomic E-state index is -1.14. The minimum Gasteiger partial charge on any atom is -0.481 e. The molecular formula is C17H17N3O4. The van der Waals surface area contributed by atoms with E-state index < -0.39 is 17.9 Å². The van der Waals surface area contributed by atoms with Crippen LogP contribution in [0.15, 0.2) is 36.0 Å². The summed E-state index contributed by atoms with van der Waals surface area (Å²) in [6.07, 6.45) is 1.50. The standard InChI is InChI=1S/C17H17N3O4/c1-9-3-5-11(6-4-9)20-15-14(10(2)19-20)12(16(21)22)7-8-13(18-15)17(23)24/h3-6,8,12,18H,7H2,1-2H3,(H,21,22)(H,23,24). The lowest BCUT2D eigenvalue weighted by molar-refractivity contribution is -0.139. The normalized spacial score (nSPS) is 16.6. The van der Waals surface area contributed by atoms with Crippen molar-refractivity contribution in [1.82, 2.24) is 9.78 Å². The Balaban J connectivity index is 2.20. The molecule has 1 atom stereocenters. The van der Waals surface area contributed by atoms with Gasteiger partial charge in [0, 0.05) is 5.56 Å². The molecule has 1 aromatic carbocycles. The summed E-state index contributed by atoms with van der Waals surface area (Å²) in [5.74, 6) is -2.60. The minimum absolute atomic E-state index is 0.0479. The Bertz CT molecular complexity index is 849. The van der Waals surface area contributed by atoms with E-state index in [-0.39, 0.29) is 12.1 Å². The number of aryl methyl sites for hydroxylation is 2. The molecule has 3 rings (SSSR count). The van der Waals surface area contributed by atoms with Crippen molar-refractivity contribution >= 4 is 17.8 Å². The van der Waals surface area contributed by atoms with E-state index in [0.29, 0.717) is 17.1 Å². The number of nitrogens with one attached hydrogen (secondary N) is 1. The predicted molar refractivity (Wildman–Crippen MR) is 87.4 cm³/mol. The van der Waals surface area contributed by atoms with Crippen molar-refractivity contribution in [3.63, 3.8) is 0 Å². The molecule has 0 spiro atoms. The molecule has 7 heteroatoms. The summed E-state index contributed by atoms with van der Waals surface area (Å²) in [5, 5.41) is 26.1. The number of benzene rings is 1. The van der Waals surface area contributed by atoms with E-state index in [0.717, 1.165) is 11.3 Å². The van der Waals surface area contributed by atoms with Crippen LogP contribution in [0.3, 0.4) is 0 Å². The number of aliphatic carboxylic acids is 2. The van der Waals surface area contributed by atoms with Gasteiger partial charge in [0.25, 0.3) is 0 Å². The molecular weight excluding hydrogens is 310 g/mol. The maximum absolute atomic E-state index is 11.6. The first kappa shape index (κ1) is 15.8. The zero-order valence-corrected chi connectivity index (χ0v) is 13.3. The fourth-order valence-electron chi connectivity index (χ4n) is 2.85. The number of hydrogen-bond acceptors (Lipinski definition) is 4. The fourth-order valence-corrected chi connectivity index (χ4v) is 2.85. The van der Waals surface area contributed by atoms with Gasteiger partial charge in [-0.15, -0.1) is 0 Å². The number of fused-ring (bicyclic) bond motifs is 1. The molecule has 1 aliphatic heterocycles. The number of carboxylic acids is 2. The van der Waals surface area contributed by atoms with Gasteiger partial charge in [0.15, 0.2) is 0 Å². The molecule has 7 nitrogen and oxygen atoms in total. The molecule has 3 N–H and O–H groups in total. The lowest BCUT2D eigenvalue weighted by atomic mass is 9.96. The lowest BCUT2D eigenvalue weighted by Crippen LogP contribution is -2.14. The van der Waals surface area contributed by atoms with Crippen LogP contribution in [-0.4, -0.2) is 31.9 Å². The Morgan fingerprint density at radius 2 is 1.88 bits per heavy atom. The third-order valence-corrected chi connectivity index (χ3v) is 4.07. The van der Waals surface area contributed by atoms with E-state index in [1.54, 1.807) is 11.6 Å². The highest BCUT2D eigenvalue weighted by Crippen LogP contribution is 2.36. The van der Waals surface area contributed by atoms with Crippen molar-refractivity contribution in [2.75, 3.05) is 5.32 Å². The van der Waals surface area contributed by atoms with Gasteiger partial charge in [0.1, 0.15) is 11.5 Å². The molecule has 1 aromatic heterocycles. The van der Waals surface area contributed by atoms with E-state index in [4.69, 9.17) is 0 Å². The van der Waals surface area contributed by atoms with E-state index in [9.17, 15) is 19.8 Å². The van der Waals surface area contributed by atoms with Crippen molar-refractivity contribution in [1.29, 1.82) is 0 Å². The first-order valence-corrected chi connectivity index (χ1v) is 7.48. The number of anilines is 1. The van der Waals surface area contributed by atoms with Crippen molar-refractivity contribution in [3.8, 4) is 5.69 Å². The highest BCUT2D eigenvalue weighted by Gasteiger charge is 2.32. The van der Waals surface area contributed by atoms with E-state index in [1.807, 2.05) is 31.2 Å². The molecule has 24 heavy (non-hydrogen) atoms. The molecule has 0 amide bonds. The molecule has 0 aliphatic carbocycles. The molecule has 2 aromatic rings. The monoisotopic (exact) mass is 327 g/mol. The second-order valence-corrected chi connectivity index (χ2v) is 5.77. The third-order valence-electron chi connectivity index (χ3n) is 4.07. The Morgan fingerprint density at radius 1 is 1.21 bits per heavy atom. The van der Waals surface area contributed by atoms with Crippen molar-refractivity contribution in [2.24, 2.45) is 0 Å². The number of nitrogens with zero attached hydrogens (tertiary/aromatic N) is 2. The summed E-state index contributed by atoms with van der Waals surface area (Å²) in [6, 6.07) is 7.54. The largest absolute Gasteiger partial charge is 0.481 e. The number of allylic oxidation sites excluding steroid dienone is 1. The number of hydrogen-bond donors (Lipinski definition) is 3. The predicted octanol–water partition coefficient (Wildman–Crippen LogP) is 2.44. The summed E-state index contributed by atoms with van der Waals surface area (Å²) < 4.78 is 1.56. The van der Waals surface area contributed by atoms with Gasteiger partial charge < -0.3 is 15.5 Å². The zero-order chi connectivity index (χ0) is 17.4. The summed E-state index contributed by atoms with van der Waals surface area (Å²) >= 11 is 0. The quantitative estimate of drug-likeness (QED) is 0.800. The molecule has 0 saturated carbocycles. The summed E-state index contributed by atoms with van der Waals surface area (Å²) in [5.41, 5.74) is 2.83. The van der Waals surface area contributed by atoms with Crippen LogP contribution in [0.5, 0.6) is 0 Å². The van der Waals surface area contributed by atoms with Gasteiger partial charge in [-0.3, -0.25) is 4.79 Å². The molecule has 2 heterocycles. The SMILES string of the molecule is Cc1ccc(-n2nc(C)c3c2NC(C(=O)O)=CCC3C(=O)O)cc1. The Hall–Kier alpha value is -3.09. The van der Waals surface area contributed by atoms with Crippen molar-refractivity contribution in [2.45, 2.75) is 26.2 Å². The van der Waals surface area contributed by atoms with E-state index in [1.165, 1.54) is 6.08 Å². The molecule has 0 saturated heterocycles. The average Bonchev–Trinajstić information content (AvgIpc) is 2.72. The Kier molecular flexibility index (Phi) is 3.84. The van der Waals surface area contributed by atoms with Crippen LogP contribution in [0.25, 0.3) is 5.69 Å². The molecule has 0 bridgehead atoms. The lowest BCUT2D eigenvalue weighted by Gasteiger charge is -2.12. The molecule has 1 aliphatic rings. The van der Waals surface area contributed by atoms with Gasteiger partial charge in [-0.25, -0.2) is 9.48 Å². The summed E-state index contributed by atoms with van der Waals surface area (Å²) in [6.45, 7) is 3.69. The number of rotatable bonds is 3. The summed E-state index contributed by atoms with van der Waals surface area (Å²) in [7, 11) is 0. The number of aromatic nitrogens is 2. The summed E-state index contributed by atoms with van der Waals surface area (Å²) in [4.78, 5) is 23.0.